The standard InChI is InChI=1S/C20H29N3O2S/c1-13(2)17-10-15(14(3)9-16(17)12-21-26(4,24)25)11-20-22-18-7-5-6-8-19(18)23-20/h5-9,13,15-17,21H,10-12H2,1-4H3,(H,22,23). The molecule has 2 N–H and O–H groups in total. The van der Waals surface area contributed by atoms with Gasteiger partial charge in [0.1, 0.15) is 5.82 Å². The predicted octanol–water partition coefficient (Wildman–Crippen LogP) is 3.51. The Morgan fingerprint density at radius 2 is 2.04 bits per heavy atom. The first-order valence-electron chi connectivity index (χ1n) is 9.29. The van der Waals surface area contributed by atoms with E-state index in [1.807, 2.05) is 18.2 Å². The van der Waals surface area contributed by atoms with Crippen LogP contribution in [-0.4, -0.2) is 31.2 Å². The number of allylic oxidation sites excluding steroid dienone is 1. The van der Waals surface area contributed by atoms with Gasteiger partial charge in [-0.2, -0.15) is 0 Å². The Hall–Kier alpha value is -1.66. The van der Waals surface area contributed by atoms with Gasteiger partial charge in [0.25, 0.3) is 0 Å². The van der Waals surface area contributed by atoms with E-state index in [-0.39, 0.29) is 5.92 Å². The topological polar surface area (TPSA) is 74.8 Å². The molecule has 0 aliphatic heterocycles. The molecule has 3 rings (SSSR count). The minimum absolute atomic E-state index is 0.247. The highest BCUT2D eigenvalue weighted by Crippen LogP contribution is 2.38. The first-order chi connectivity index (χ1) is 12.2. The zero-order valence-electron chi connectivity index (χ0n) is 16.0. The summed E-state index contributed by atoms with van der Waals surface area (Å²) in [5, 5.41) is 0. The first kappa shape index (κ1) is 19.1. The molecule has 3 atom stereocenters. The van der Waals surface area contributed by atoms with E-state index in [1.165, 1.54) is 11.8 Å². The van der Waals surface area contributed by atoms with Gasteiger partial charge in [0, 0.05) is 13.0 Å². The average molecular weight is 376 g/mol. The molecule has 1 aliphatic carbocycles. The molecule has 0 bridgehead atoms. The van der Waals surface area contributed by atoms with Crippen molar-refractivity contribution in [2.75, 3.05) is 12.8 Å². The predicted molar refractivity (Wildman–Crippen MR) is 106 cm³/mol. The number of aromatic amines is 1. The van der Waals surface area contributed by atoms with E-state index < -0.39 is 10.0 Å². The maximum atomic E-state index is 11.5. The van der Waals surface area contributed by atoms with E-state index in [9.17, 15) is 8.42 Å². The lowest BCUT2D eigenvalue weighted by Crippen LogP contribution is -2.36. The Morgan fingerprint density at radius 3 is 2.69 bits per heavy atom. The SMILES string of the molecule is CC1=CC(CNS(C)(=O)=O)C(C(C)C)CC1Cc1nc2ccccc2[nH]1. The minimum atomic E-state index is -3.16. The second-order valence-corrected chi connectivity index (χ2v) is 9.77. The summed E-state index contributed by atoms with van der Waals surface area (Å²) in [6.45, 7) is 7.10. The molecule has 26 heavy (non-hydrogen) atoms. The van der Waals surface area contributed by atoms with Gasteiger partial charge in [-0.05, 0) is 49.1 Å². The van der Waals surface area contributed by atoms with E-state index in [1.54, 1.807) is 0 Å². The number of aromatic nitrogens is 2. The van der Waals surface area contributed by atoms with Gasteiger partial charge >= 0.3 is 0 Å². The molecule has 3 unspecified atom stereocenters. The van der Waals surface area contributed by atoms with Crippen molar-refractivity contribution in [3.63, 3.8) is 0 Å². The van der Waals surface area contributed by atoms with Crippen LogP contribution in [0.25, 0.3) is 11.0 Å². The van der Waals surface area contributed by atoms with Crippen molar-refractivity contribution in [1.82, 2.24) is 14.7 Å². The van der Waals surface area contributed by atoms with Crippen molar-refractivity contribution in [2.24, 2.45) is 23.7 Å². The van der Waals surface area contributed by atoms with Gasteiger partial charge in [-0.1, -0.05) is 37.6 Å². The third-order valence-corrected chi connectivity index (χ3v) is 6.23. The Kier molecular flexibility index (Phi) is 5.53. The molecule has 5 nitrogen and oxygen atoms in total. The summed E-state index contributed by atoms with van der Waals surface area (Å²) in [5.74, 6) is 2.68. The van der Waals surface area contributed by atoms with Crippen LogP contribution in [0.1, 0.15) is 33.0 Å². The molecule has 142 valence electrons. The van der Waals surface area contributed by atoms with Crippen molar-refractivity contribution >= 4 is 21.1 Å². The lowest BCUT2D eigenvalue weighted by atomic mass is 9.70. The number of fused-ring (bicyclic) bond motifs is 1. The quantitative estimate of drug-likeness (QED) is 0.759. The molecular weight excluding hydrogens is 346 g/mol. The van der Waals surface area contributed by atoms with E-state index >= 15 is 0 Å². The summed E-state index contributed by atoms with van der Waals surface area (Å²) >= 11 is 0. The van der Waals surface area contributed by atoms with Crippen LogP contribution >= 0.6 is 0 Å². The van der Waals surface area contributed by atoms with Crippen LogP contribution in [0.5, 0.6) is 0 Å². The van der Waals surface area contributed by atoms with Crippen LogP contribution in [0.4, 0.5) is 0 Å². The Labute approximate surface area is 156 Å². The Morgan fingerprint density at radius 1 is 1.31 bits per heavy atom. The summed E-state index contributed by atoms with van der Waals surface area (Å²) in [7, 11) is -3.16. The van der Waals surface area contributed by atoms with Crippen molar-refractivity contribution in [3.8, 4) is 0 Å². The highest BCUT2D eigenvalue weighted by Gasteiger charge is 2.32. The molecule has 2 aromatic rings. The lowest BCUT2D eigenvalue weighted by molar-refractivity contribution is 0.227. The lowest BCUT2D eigenvalue weighted by Gasteiger charge is -2.37. The van der Waals surface area contributed by atoms with Crippen LogP contribution in [-0.2, 0) is 16.4 Å². The average Bonchev–Trinajstić information content (AvgIpc) is 2.96. The van der Waals surface area contributed by atoms with E-state index in [0.717, 1.165) is 29.7 Å². The Bertz CT molecular complexity index is 866. The first-order valence-corrected chi connectivity index (χ1v) is 11.2. The molecule has 1 aromatic carbocycles. The normalized spacial score (nSPS) is 24.2. The zero-order chi connectivity index (χ0) is 18.9. The van der Waals surface area contributed by atoms with Gasteiger partial charge in [-0.25, -0.2) is 18.1 Å². The number of benzene rings is 1. The number of hydrogen-bond acceptors (Lipinski definition) is 3. The molecule has 1 aliphatic rings. The minimum Gasteiger partial charge on any atom is -0.342 e. The van der Waals surface area contributed by atoms with Gasteiger partial charge < -0.3 is 4.98 Å². The summed E-state index contributed by atoms with van der Waals surface area (Å²) in [5.41, 5.74) is 3.42. The van der Waals surface area contributed by atoms with Crippen LogP contribution in [0.15, 0.2) is 35.9 Å². The highest BCUT2D eigenvalue weighted by atomic mass is 32.2. The molecular formula is C20H29N3O2S. The van der Waals surface area contributed by atoms with E-state index in [4.69, 9.17) is 4.98 Å². The summed E-state index contributed by atoms with van der Waals surface area (Å²) in [6, 6.07) is 8.11. The molecule has 0 spiro atoms. The molecule has 1 heterocycles. The van der Waals surface area contributed by atoms with Gasteiger partial charge in [0.15, 0.2) is 0 Å². The fraction of sp³-hybridized carbons (Fsp3) is 0.550. The molecule has 0 radical (unpaired) electrons. The second kappa shape index (κ2) is 7.53. The third kappa shape index (κ3) is 4.54. The number of rotatable bonds is 6. The maximum Gasteiger partial charge on any atom is 0.208 e. The molecule has 0 saturated carbocycles. The summed E-state index contributed by atoms with van der Waals surface area (Å²) < 4.78 is 25.6. The molecule has 0 fully saturated rings. The van der Waals surface area contributed by atoms with Crippen molar-refractivity contribution < 1.29 is 8.42 Å². The van der Waals surface area contributed by atoms with Gasteiger partial charge in [-0.15, -0.1) is 0 Å². The van der Waals surface area contributed by atoms with Crippen LogP contribution in [0.2, 0.25) is 0 Å². The number of hydrogen-bond donors (Lipinski definition) is 2. The van der Waals surface area contributed by atoms with Crippen LogP contribution < -0.4 is 4.72 Å². The number of nitrogens with one attached hydrogen (secondary N) is 2. The monoisotopic (exact) mass is 375 g/mol. The highest BCUT2D eigenvalue weighted by molar-refractivity contribution is 7.88. The number of H-pyrrole nitrogens is 1. The molecule has 1 aromatic heterocycles. The fourth-order valence-electron chi connectivity index (χ4n) is 4.09. The zero-order valence-corrected chi connectivity index (χ0v) is 16.8. The summed E-state index contributed by atoms with van der Waals surface area (Å²) in [6.07, 6.45) is 5.46. The number of nitrogens with zero attached hydrogens (tertiary/aromatic N) is 1. The van der Waals surface area contributed by atoms with Crippen molar-refractivity contribution in [2.45, 2.75) is 33.6 Å². The van der Waals surface area contributed by atoms with E-state index in [0.29, 0.717) is 24.3 Å². The molecule has 0 saturated heterocycles. The van der Waals surface area contributed by atoms with Crippen molar-refractivity contribution in [3.05, 3.63) is 41.7 Å². The Balaban J connectivity index is 1.78. The largest absolute Gasteiger partial charge is 0.342 e. The van der Waals surface area contributed by atoms with Crippen LogP contribution in [0, 0.1) is 23.7 Å². The number of sulfonamides is 1. The van der Waals surface area contributed by atoms with Gasteiger partial charge in [0.2, 0.25) is 10.0 Å². The van der Waals surface area contributed by atoms with E-state index in [2.05, 4.69) is 42.6 Å². The van der Waals surface area contributed by atoms with Crippen molar-refractivity contribution in [1.29, 1.82) is 0 Å². The maximum absolute atomic E-state index is 11.5. The smallest absolute Gasteiger partial charge is 0.208 e. The van der Waals surface area contributed by atoms with Gasteiger partial charge in [0.05, 0.1) is 17.3 Å². The second-order valence-electron chi connectivity index (χ2n) is 7.94. The molecule has 0 amide bonds. The van der Waals surface area contributed by atoms with Crippen LogP contribution in [0.3, 0.4) is 0 Å². The molecule has 6 heteroatoms. The van der Waals surface area contributed by atoms with Gasteiger partial charge in [-0.3, -0.25) is 0 Å². The number of para-hydroxylation sites is 2. The number of imidazole rings is 1. The summed E-state index contributed by atoms with van der Waals surface area (Å²) in [4.78, 5) is 8.16. The third-order valence-electron chi connectivity index (χ3n) is 5.54. The fourth-order valence-corrected chi connectivity index (χ4v) is 4.59.